The van der Waals surface area contributed by atoms with E-state index in [1.54, 1.807) is 6.20 Å². The van der Waals surface area contributed by atoms with Gasteiger partial charge in [-0.2, -0.15) is 0 Å². The third kappa shape index (κ3) is 1.76. The monoisotopic (exact) mass is 228 g/mol. The first-order chi connectivity index (χ1) is 8.24. The Bertz CT molecular complexity index is 534. The van der Waals surface area contributed by atoms with Gasteiger partial charge in [0.15, 0.2) is 6.10 Å². The average molecular weight is 228 g/mol. The molecule has 17 heavy (non-hydrogen) atoms. The van der Waals surface area contributed by atoms with E-state index in [0.29, 0.717) is 18.7 Å². The van der Waals surface area contributed by atoms with E-state index < -0.39 is 6.10 Å². The molecule has 0 aromatic carbocycles. The van der Waals surface area contributed by atoms with Crippen LogP contribution in [0.1, 0.15) is 11.3 Å². The molecule has 1 N–H and O–H groups in total. The normalized spacial score (nSPS) is 23.1. The van der Waals surface area contributed by atoms with Gasteiger partial charge in [-0.3, -0.25) is 9.78 Å². The van der Waals surface area contributed by atoms with E-state index in [0.717, 1.165) is 16.8 Å². The highest BCUT2D eigenvalue weighted by atomic mass is 16.5. The second-order valence-electron chi connectivity index (χ2n) is 4.22. The van der Waals surface area contributed by atoms with Crippen LogP contribution in [0.2, 0.25) is 0 Å². The number of ether oxygens (including phenoxy) is 1. The summed E-state index contributed by atoms with van der Waals surface area (Å²) in [5.74, 6) is -0.139. The number of pyridine rings is 1. The van der Waals surface area contributed by atoms with E-state index >= 15 is 0 Å². The lowest BCUT2D eigenvalue weighted by atomic mass is 10.1. The van der Waals surface area contributed by atoms with Crippen molar-refractivity contribution in [2.45, 2.75) is 12.5 Å². The summed E-state index contributed by atoms with van der Waals surface area (Å²) in [5, 5.41) is 2.71. The molecule has 0 saturated carbocycles. The summed E-state index contributed by atoms with van der Waals surface area (Å²) in [5.41, 5.74) is 3.65. The molecule has 1 aromatic heterocycles. The highest BCUT2D eigenvalue weighted by molar-refractivity contribution is 5.88. The Morgan fingerprint density at radius 3 is 3.18 bits per heavy atom. The third-order valence-electron chi connectivity index (χ3n) is 2.94. The summed E-state index contributed by atoms with van der Waals surface area (Å²) < 4.78 is 5.51. The molecule has 2 heterocycles. The number of fused-ring (bicyclic) bond motifs is 1. The molecule has 4 nitrogen and oxygen atoms in total. The molecule has 1 amide bonds. The number of hydrogen-bond acceptors (Lipinski definition) is 3. The van der Waals surface area contributed by atoms with Crippen LogP contribution in [0.15, 0.2) is 36.2 Å². The van der Waals surface area contributed by atoms with Gasteiger partial charge in [-0.15, -0.1) is 0 Å². The number of rotatable bonds is 1. The molecule has 0 spiro atoms. The summed E-state index contributed by atoms with van der Waals surface area (Å²) in [6, 6.07) is 3.89. The summed E-state index contributed by atoms with van der Waals surface area (Å²) >= 11 is 0. The predicted molar refractivity (Wildman–Crippen MR) is 62.9 cm³/mol. The van der Waals surface area contributed by atoms with Crippen molar-refractivity contribution in [3.63, 3.8) is 0 Å². The summed E-state index contributed by atoms with van der Waals surface area (Å²) in [6.45, 7) is 4.05. The van der Waals surface area contributed by atoms with Crippen molar-refractivity contribution in [2.24, 2.45) is 0 Å². The molecule has 1 aliphatic carbocycles. The van der Waals surface area contributed by atoms with Crippen LogP contribution in [0.25, 0.3) is 6.08 Å². The minimum absolute atomic E-state index is 0.139. The Balaban J connectivity index is 1.84. The van der Waals surface area contributed by atoms with Gasteiger partial charge in [0, 0.05) is 18.3 Å². The number of aromatic nitrogens is 1. The molecule has 3 rings (SSSR count). The van der Waals surface area contributed by atoms with Crippen molar-refractivity contribution in [3.05, 3.63) is 47.4 Å². The van der Waals surface area contributed by atoms with Gasteiger partial charge in [0.05, 0.1) is 12.3 Å². The van der Waals surface area contributed by atoms with Gasteiger partial charge in [0.1, 0.15) is 0 Å². The topological polar surface area (TPSA) is 51.2 Å². The smallest absolute Gasteiger partial charge is 0.257 e. The summed E-state index contributed by atoms with van der Waals surface area (Å²) in [4.78, 5) is 16.1. The Hall–Kier alpha value is -1.94. The lowest BCUT2D eigenvalue weighted by molar-refractivity contribution is -0.132. The molecule has 0 bridgehead atoms. The minimum Gasteiger partial charge on any atom is -0.358 e. The molecular formula is C13H12N2O2. The number of nitrogens with zero attached hydrogens (tertiary/aromatic N) is 1. The average Bonchev–Trinajstić information content (AvgIpc) is 2.72. The molecule has 1 atom stereocenters. The van der Waals surface area contributed by atoms with E-state index in [4.69, 9.17) is 4.74 Å². The number of morpholine rings is 1. The van der Waals surface area contributed by atoms with Crippen molar-refractivity contribution >= 4 is 12.0 Å². The van der Waals surface area contributed by atoms with E-state index in [2.05, 4.69) is 16.9 Å². The maximum absolute atomic E-state index is 11.8. The Kier molecular flexibility index (Phi) is 2.30. The van der Waals surface area contributed by atoms with Gasteiger partial charge >= 0.3 is 0 Å². The van der Waals surface area contributed by atoms with Crippen LogP contribution in [0.3, 0.4) is 0 Å². The van der Waals surface area contributed by atoms with Crippen LogP contribution in [-0.4, -0.2) is 23.6 Å². The molecule has 86 valence electrons. The first-order valence-corrected chi connectivity index (χ1v) is 5.48. The zero-order valence-corrected chi connectivity index (χ0v) is 9.27. The van der Waals surface area contributed by atoms with Crippen LogP contribution in [0, 0.1) is 0 Å². The molecule has 4 heteroatoms. The number of amides is 1. The quantitative estimate of drug-likeness (QED) is 0.781. The van der Waals surface area contributed by atoms with E-state index in [1.807, 2.05) is 18.2 Å². The van der Waals surface area contributed by atoms with Crippen LogP contribution >= 0.6 is 0 Å². The van der Waals surface area contributed by atoms with E-state index in [1.165, 1.54) is 0 Å². The van der Waals surface area contributed by atoms with Gasteiger partial charge in [0.25, 0.3) is 5.91 Å². The molecule has 1 fully saturated rings. The molecule has 2 aliphatic rings. The van der Waals surface area contributed by atoms with Crippen molar-refractivity contribution in [1.29, 1.82) is 0 Å². The lowest BCUT2D eigenvalue weighted by Crippen LogP contribution is -2.43. The maximum atomic E-state index is 11.8. The Labute approximate surface area is 99.0 Å². The van der Waals surface area contributed by atoms with Crippen molar-refractivity contribution < 1.29 is 9.53 Å². The first-order valence-electron chi connectivity index (χ1n) is 5.48. The number of nitrogens with one attached hydrogen (secondary N) is 1. The molecule has 1 saturated heterocycles. The van der Waals surface area contributed by atoms with Gasteiger partial charge < -0.3 is 10.1 Å². The molecule has 0 radical (unpaired) electrons. The number of carbonyl (C=O) groups is 1. The van der Waals surface area contributed by atoms with E-state index in [9.17, 15) is 4.79 Å². The lowest BCUT2D eigenvalue weighted by Gasteiger charge is -2.24. The zero-order chi connectivity index (χ0) is 11.8. The largest absolute Gasteiger partial charge is 0.358 e. The molecule has 1 aromatic rings. The SMILES string of the molecule is C=C1COC(C2=Cc3cccnc3C2)C(=O)N1. The van der Waals surface area contributed by atoms with Crippen molar-refractivity contribution in [3.8, 4) is 0 Å². The Morgan fingerprint density at radius 1 is 1.53 bits per heavy atom. The maximum Gasteiger partial charge on any atom is 0.257 e. The third-order valence-corrected chi connectivity index (χ3v) is 2.94. The van der Waals surface area contributed by atoms with Crippen LogP contribution in [0.5, 0.6) is 0 Å². The fourth-order valence-electron chi connectivity index (χ4n) is 2.15. The second kappa shape index (κ2) is 3.82. The van der Waals surface area contributed by atoms with Gasteiger partial charge in [-0.1, -0.05) is 18.7 Å². The van der Waals surface area contributed by atoms with Crippen LogP contribution in [-0.2, 0) is 16.0 Å². The van der Waals surface area contributed by atoms with Gasteiger partial charge in [-0.05, 0) is 17.2 Å². The zero-order valence-electron chi connectivity index (χ0n) is 9.27. The number of carbonyl (C=O) groups excluding carboxylic acids is 1. The highest BCUT2D eigenvalue weighted by Crippen LogP contribution is 2.27. The van der Waals surface area contributed by atoms with Crippen LogP contribution < -0.4 is 5.32 Å². The minimum atomic E-state index is -0.505. The first kappa shape index (κ1) is 10.2. The highest BCUT2D eigenvalue weighted by Gasteiger charge is 2.31. The fourth-order valence-corrected chi connectivity index (χ4v) is 2.15. The van der Waals surface area contributed by atoms with Gasteiger partial charge in [0.2, 0.25) is 0 Å². The van der Waals surface area contributed by atoms with Gasteiger partial charge in [-0.25, -0.2) is 0 Å². The summed E-state index contributed by atoms with van der Waals surface area (Å²) in [6.07, 6.45) is 3.93. The Morgan fingerprint density at radius 2 is 2.41 bits per heavy atom. The molecule has 1 unspecified atom stereocenters. The molecule has 1 aliphatic heterocycles. The standard InChI is InChI=1S/C13H12N2O2/c1-8-7-17-12(13(16)15-8)10-5-9-3-2-4-14-11(9)6-10/h2-5,12H,1,6-7H2,(H,15,16). The molecular weight excluding hydrogens is 216 g/mol. The van der Waals surface area contributed by atoms with E-state index in [-0.39, 0.29) is 5.91 Å². The summed E-state index contributed by atoms with van der Waals surface area (Å²) in [7, 11) is 0. The second-order valence-corrected chi connectivity index (χ2v) is 4.22. The van der Waals surface area contributed by atoms with Crippen molar-refractivity contribution in [2.75, 3.05) is 6.61 Å². The number of hydrogen-bond donors (Lipinski definition) is 1. The predicted octanol–water partition coefficient (Wildman–Crippen LogP) is 1.05. The van der Waals surface area contributed by atoms with Crippen LogP contribution in [0.4, 0.5) is 0 Å². The van der Waals surface area contributed by atoms with Crippen molar-refractivity contribution in [1.82, 2.24) is 10.3 Å². The fraction of sp³-hybridized carbons (Fsp3) is 0.231.